The molecular formula is C23H36N4O2. The highest BCUT2D eigenvalue weighted by Gasteiger charge is 2.24. The number of amides is 2. The van der Waals surface area contributed by atoms with E-state index in [1.807, 2.05) is 26.0 Å². The van der Waals surface area contributed by atoms with E-state index < -0.39 is 0 Å². The minimum atomic E-state index is -0.0444. The average molecular weight is 401 g/mol. The lowest BCUT2D eigenvalue weighted by atomic mass is 9.92. The number of carbonyl (C=O) groups is 2. The number of nitrogens with one attached hydrogen (secondary N) is 1. The number of hydrogen-bond acceptors (Lipinski definition) is 4. The van der Waals surface area contributed by atoms with E-state index in [2.05, 4.69) is 20.1 Å². The Balaban J connectivity index is 1.50. The zero-order valence-electron chi connectivity index (χ0n) is 18.0. The lowest BCUT2D eigenvalue weighted by molar-refractivity contribution is -0.121. The molecule has 2 fully saturated rings. The van der Waals surface area contributed by atoms with Crippen LogP contribution in [0.3, 0.4) is 0 Å². The summed E-state index contributed by atoms with van der Waals surface area (Å²) in [4.78, 5) is 32.4. The fourth-order valence-electron chi connectivity index (χ4n) is 4.51. The first kappa shape index (κ1) is 21.6. The minimum absolute atomic E-state index is 0.00952. The van der Waals surface area contributed by atoms with Gasteiger partial charge < -0.3 is 15.1 Å². The third kappa shape index (κ3) is 6.18. The van der Waals surface area contributed by atoms with Gasteiger partial charge in [-0.25, -0.2) is 4.98 Å². The SMILES string of the molecule is CC(C)C(=O)Nc1ccc(N2CCC[C@@H](CCN(C=O)C3CCCCC3)C2)nc1. The summed E-state index contributed by atoms with van der Waals surface area (Å²) in [6.07, 6.45) is 12.4. The first-order chi connectivity index (χ1) is 14.1. The minimum Gasteiger partial charge on any atom is -0.356 e. The summed E-state index contributed by atoms with van der Waals surface area (Å²) < 4.78 is 0. The highest BCUT2D eigenvalue weighted by atomic mass is 16.2. The van der Waals surface area contributed by atoms with E-state index in [-0.39, 0.29) is 11.8 Å². The molecule has 1 atom stereocenters. The maximum absolute atomic E-state index is 11.8. The maximum Gasteiger partial charge on any atom is 0.226 e. The molecule has 3 rings (SSSR count). The van der Waals surface area contributed by atoms with Crippen molar-refractivity contribution in [1.29, 1.82) is 0 Å². The lowest BCUT2D eigenvalue weighted by Crippen LogP contribution is -2.40. The molecular weight excluding hydrogens is 364 g/mol. The standard InChI is InChI=1S/C23H36N4O2/c1-18(2)23(29)25-20-10-11-22(24-15-20)26-13-6-7-19(16-26)12-14-27(17-28)21-8-4-3-5-9-21/h10-11,15,17-19,21H,3-9,12-14,16H2,1-2H3,(H,25,29)/t19-/m0/s1. The Labute approximate surface area is 175 Å². The summed E-state index contributed by atoms with van der Waals surface area (Å²) in [6, 6.07) is 4.39. The second kappa shape index (κ2) is 10.6. The summed E-state index contributed by atoms with van der Waals surface area (Å²) in [5.74, 6) is 1.53. The zero-order valence-corrected chi connectivity index (χ0v) is 18.0. The van der Waals surface area contributed by atoms with E-state index in [4.69, 9.17) is 0 Å². The van der Waals surface area contributed by atoms with Crippen LogP contribution in [0.1, 0.15) is 65.2 Å². The van der Waals surface area contributed by atoms with Crippen molar-refractivity contribution in [2.45, 2.75) is 71.3 Å². The van der Waals surface area contributed by atoms with Crippen LogP contribution >= 0.6 is 0 Å². The van der Waals surface area contributed by atoms with Crippen LogP contribution in [0.2, 0.25) is 0 Å². The lowest BCUT2D eigenvalue weighted by Gasteiger charge is -2.36. The van der Waals surface area contributed by atoms with Gasteiger partial charge in [-0.2, -0.15) is 0 Å². The van der Waals surface area contributed by atoms with Crippen molar-refractivity contribution < 1.29 is 9.59 Å². The van der Waals surface area contributed by atoms with Gasteiger partial charge in [0.05, 0.1) is 11.9 Å². The molecule has 2 aliphatic rings. The van der Waals surface area contributed by atoms with Crippen LogP contribution in [-0.2, 0) is 9.59 Å². The van der Waals surface area contributed by atoms with Gasteiger partial charge in [0.2, 0.25) is 12.3 Å². The van der Waals surface area contributed by atoms with Gasteiger partial charge in [-0.05, 0) is 50.2 Å². The summed E-state index contributed by atoms with van der Waals surface area (Å²) in [7, 11) is 0. The van der Waals surface area contributed by atoms with Crippen molar-refractivity contribution in [3.05, 3.63) is 18.3 Å². The second-order valence-corrected chi connectivity index (χ2v) is 8.93. The molecule has 0 bridgehead atoms. The van der Waals surface area contributed by atoms with Crippen molar-refractivity contribution >= 4 is 23.8 Å². The van der Waals surface area contributed by atoms with Crippen LogP contribution in [0.5, 0.6) is 0 Å². The molecule has 0 radical (unpaired) electrons. The van der Waals surface area contributed by atoms with Crippen LogP contribution in [0, 0.1) is 11.8 Å². The second-order valence-electron chi connectivity index (χ2n) is 8.93. The van der Waals surface area contributed by atoms with Crippen LogP contribution in [0.15, 0.2) is 18.3 Å². The summed E-state index contributed by atoms with van der Waals surface area (Å²) in [6.45, 7) is 6.64. The van der Waals surface area contributed by atoms with Crippen molar-refractivity contribution in [2.75, 3.05) is 29.9 Å². The molecule has 1 saturated carbocycles. The Bertz CT molecular complexity index is 655. The molecule has 1 aromatic rings. The number of rotatable bonds is 8. The van der Waals surface area contributed by atoms with E-state index >= 15 is 0 Å². The smallest absolute Gasteiger partial charge is 0.226 e. The Morgan fingerprint density at radius 2 is 2.03 bits per heavy atom. The molecule has 0 spiro atoms. The monoisotopic (exact) mass is 400 g/mol. The normalized spacial score (nSPS) is 20.5. The summed E-state index contributed by atoms with van der Waals surface area (Å²) in [5.41, 5.74) is 0.745. The molecule has 6 heteroatoms. The molecule has 1 aliphatic carbocycles. The van der Waals surface area contributed by atoms with Gasteiger partial charge in [-0.15, -0.1) is 0 Å². The van der Waals surface area contributed by atoms with Gasteiger partial charge >= 0.3 is 0 Å². The average Bonchev–Trinajstić information content (AvgIpc) is 2.75. The molecule has 160 valence electrons. The number of carbonyl (C=O) groups excluding carboxylic acids is 2. The first-order valence-corrected chi connectivity index (χ1v) is 11.3. The topological polar surface area (TPSA) is 65.5 Å². The summed E-state index contributed by atoms with van der Waals surface area (Å²) >= 11 is 0. The molecule has 2 amide bonds. The van der Waals surface area contributed by atoms with Crippen molar-refractivity contribution in [1.82, 2.24) is 9.88 Å². The predicted octanol–water partition coefficient (Wildman–Crippen LogP) is 4.07. The molecule has 2 heterocycles. The molecule has 1 saturated heterocycles. The van der Waals surface area contributed by atoms with Crippen molar-refractivity contribution in [3.8, 4) is 0 Å². The fourth-order valence-corrected chi connectivity index (χ4v) is 4.51. The molecule has 1 aromatic heterocycles. The van der Waals surface area contributed by atoms with Gasteiger partial charge in [-0.1, -0.05) is 33.1 Å². The zero-order chi connectivity index (χ0) is 20.6. The third-order valence-corrected chi connectivity index (χ3v) is 6.36. The van der Waals surface area contributed by atoms with Gasteiger partial charge in [-0.3, -0.25) is 9.59 Å². The molecule has 1 aliphatic heterocycles. The number of nitrogens with zero attached hydrogens (tertiary/aromatic N) is 3. The Hall–Kier alpha value is -2.11. The van der Waals surface area contributed by atoms with Crippen molar-refractivity contribution in [2.24, 2.45) is 11.8 Å². The van der Waals surface area contributed by atoms with Gasteiger partial charge in [0.15, 0.2) is 0 Å². The molecule has 6 nitrogen and oxygen atoms in total. The number of piperidine rings is 1. The number of pyridine rings is 1. The van der Waals surface area contributed by atoms with E-state index in [9.17, 15) is 9.59 Å². The highest BCUT2D eigenvalue weighted by Crippen LogP contribution is 2.26. The Morgan fingerprint density at radius 3 is 2.69 bits per heavy atom. The van der Waals surface area contributed by atoms with Crippen LogP contribution < -0.4 is 10.2 Å². The Morgan fingerprint density at radius 1 is 1.24 bits per heavy atom. The quantitative estimate of drug-likeness (QED) is 0.668. The maximum atomic E-state index is 11.8. The highest BCUT2D eigenvalue weighted by molar-refractivity contribution is 5.91. The first-order valence-electron chi connectivity index (χ1n) is 11.3. The van der Waals surface area contributed by atoms with Crippen molar-refractivity contribution in [3.63, 3.8) is 0 Å². The molecule has 0 aromatic carbocycles. The van der Waals surface area contributed by atoms with E-state index in [0.29, 0.717) is 12.0 Å². The van der Waals surface area contributed by atoms with E-state index in [1.54, 1.807) is 6.20 Å². The molecule has 29 heavy (non-hydrogen) atoms. The van der Waals surface area contributed by atoms with Gasteiger partial charge in [0.1, 0.15) is 5.82 Å². The predicted molar refractivity (Wildman–Crippen MR) is 117 cm³/mol. The van der Waals surface area contributed by atoms with Crippen LogP contribution in [0.4, 0.5) is 11.5 Å². The number of anilines is 2. The van der Waals surface area contributed by atoms with Crippen LogP contribution in [-0.4, -0.2) is 47.9 Å². The van der Waals surface area contributed by atoms with E-state index in [0.717, 1.165) is 50.4 Å². The summed E-state index contributed by atoms with van der Waals surface area (Å²) in [5, 5.41) is 2.89. The molecule has 1 N–H and O–H groups in total. The van der Waals surface area contributed by atoms with Gasteiger partial charge in [0.25, 0.3) is 0 Å². The third-order valence-electron chi connectivity index (χ3n) is 6.36. The Kier molecular flexibility index (Phi) is 7.90. The van der Waals surface area contributed by atoms with Crippen LogP contribution in [0.25, 0.3) is 0 Å². The number of aromatic nitrogens is 1. The molecule has 0 unspecified atom stereocenters. The largest absolute Gasteiger partial charge is 0.356 e. The van der Waals surface area contributed by atoms with E-state index in [1.165, 1.54) is 38.5 Å². The van der Waals surface area contributed by atoms with Gasteiger partial charge in [0, 0.05) is 31.6 Å². The number of hydrogen-bond donors (Lipinski definition) is 1. The fraction of sp³-hybridized carbons (Fsp3) is 0.696.